The molecule has 1 heterocycles. The zero-order valence-electron chi connectivity index (χ0n) is 21.3. The number of thioether (sulfide) groups is 1. The van der Waals surface area contributed by atoms with Gasteiger partial charge in [0.15, 0.2) is 11.0 Å². The Labute approximate surface area is 227 Å². The summed E-state index contributed by atoms with van der Waals surface area (Å²) in [6, 6.07) is 16.3. The van der Waals surface area contributed by atoms with Crippen molar-refractivity contribution in [2.75, 3.05) is 23.2 Å². The number of nitrogens with zero attached hydrogens (tertiary/aromatic N) is 4. The molecule has 1 aliphatic rings. The first-order valence-electron chi connectivity index (χ1n) is 11.6. The lowest BCUT2D eigenvalue weighted by molar-refractivity contribution is -0.274. The molecule has 0 aliphatic carbocycles. The number of aryl methyl sites for hydroxylation is 2. The van der Waals surface area contributed by atoms with Gasteiger partial charge in [-0.1, -0.05) is 36.0 Å². The third-order valence-corrected chi connectivity index (χ3v) is 6.52. The summed E-state index contributed by atoms with van der Waals surface area (Å²) in [4.78, 5) is 6.15. The number of hydrogen-bond acceptors (Lipinski definition) is 6. The summed E-state index contributed by atoms with van der Waals surface area (Å²) < 4.78 is 45.9. The first-order chi connectivity index (χ1) is 18.6. The van der Waals surface area contributed by atoms with Crippen LogP contribution < -0.4 is 19.7 Å². The Kier molecular flexibility index (Phi) is 8.55. The molecule has 2 N–H and O–H groups in total. The predicted octanol–water partition coefficient (Wildman–Crippen LogP) is 6.58. The van der Waals surface area contributed by atoms with Crippen molar-refractivity contribution in [3.05, 3.63) is 82.9 Å². The van der Waals surface area contributed by atoms with E-state index in [-0.39, 0.29) is 11.6 Å². The fraction of sp³-hybridized carbons (Fsp3) is 0.185. The molecule has 12 heteroatoms. The van der Waals surface area contributed by atoms with Gasteiger partial charge in [-0.3, -0.25) is 5.41 Å². The van der Waals surface area contributed by atoms with E-state index in [1.54, 1.807) is 49.4 Å². The van der Waals surface area contributed by atoms with E-state index in [0.29, 0.717) is 11.3 Å². The molecule has 3 aromatic carbocycles. The topological polar surface area (TPSA) is 94.7 Å². The Balaban J connectivity index is 1.31. The number of anilines is 2. The summed E-state index contributed by atoms with van der Waals surface area (Å²) in [6.45, 7) is 4.09. The summed E-state index contributed by atoms with van der Waals surface area (Å²) in [5.41, 5.74) is 5.20. The van der Waals surface area contributed by atoms with Crippen LogP contribution in [-0.4, -0.2) is 42.9 Å². The van der Waals surface area contributed by atoms with Gasteiger partial charge in [0, 0.05) is 16.9 Å². The van der Waals surface area contributed by atoms with E-state index in [2.05, 4.69) is 30.1 Å². The van der Waals surface area contributed by atoms with E-state index in [1.807, 2.05) is 26.0 Å². The van der Waals surface area contributed by atoms with Crippen LogP contribution >= 0.6 is 11.8 Å². The van der Waals surface area contributed by atoms with Crippen molar-refractivity contribution in [3.63, 3.8) is 0 Å². The van der Waals surface area contributed by atoms with Gasteiger partial charge in [-0.2, -0.15) is 5.10 Å². The van der Waals surface area contributed by atoms with Gasteiger partial charge in [0.05, 0.1) is 25.5 Å². The fourth-order valence-electron chi connectivity index (χ4n) is 3.76. The Bertz CT molecular complexity index is 1400. The number of benzene rings is 3. The molecular weight excluding hydrogens is 529 g/mol. The van der Waals surface area contributed by atoms with Crippen LogP contribution in [0.4, 0.5) is 24.5 Å². The Morgan fingerprint density at radius 2 is 1.69 bits per heavy atom. The van der Waals surface area contributed by atoms with Crippen LogP contribution in [0.2, 0.25) is 0 Å². The molecule has 3 aromatic rings. The average molecular weight is 555 g/mol. The number of ether oxygens (including phenoxy) is 2. The Morgan fingerprint density at radius 1 is 1.03 bits per heavy atom. The van der Waals surface area contributed by atoms with E-state index >= 15 is 0 Å². The van der Waals surface area contributed by atoms with Crippen LogP contribution in [0.3, 0.4) is 0 Å². The van der Waals surface area contributed by atoms with E-state index in [1.165, 1.54) is 30.6 Å². The normalized spacial score (nSPS) is 14.6. The van der Waals surface area contributed by atoms with Gasteiger partial charge in [0.2, 0.25) is 0 Å². The lowest BCUT2D eigenvalue weighted by Gasteiger charge is -2.35. The largest absolute Gasteiger partial charge is 0.573 e. The van der Waals surface area contributed by atoms with Gasteiger partial charge in [0.25, 0.3) is 0 Å². The van der Waals surface area contributed by atoms with Crippen LogP contribution in [0.5, 0.6) is 11.5 Å². The predicted molar refractivity (Wildman–Crippen MR) is 151 cm³/mol. The SMILES string of the molecule is COc1cc(C)c(N2CS/C2=N\N=C\c2ccc(C(=N)/N=C\Nc3ccc(OC(F)(F)F)cc3)cc2)c(C)c1. The zero-order valence-corrected chi connectivity index (χ0v) is 22.1. The van der Waals surface area contributed by atoms with Gasteiger partial charge >= 0.3 is 6.36 Å². The molecular formula is C27H25F3N6O2S. The molecule has 1 saturated heterocycles. The van der Waals surface area contributed by atoms with Crippen LogP contribution in [0, 0.1) is 19.3 Å². The molecule has 0 amide bonds. The Hall–Kier alpha value is -4.32. The average Bonchev–Trinajstić information content (AvgIpc) is 2.88. The second kappa shape index (κ2) is 12.0. The standard InChI is InChI=1S/C27H25F3N6O2S/c1-17-12-23(37-3)13-18(2)24(17)36-16-39-26(36)35-34-14-19-4-6-20(7-5-19)25(31)33-15-32-21-8-10-22(11-9-21)38-27(28,29)30/h4-15H,16H2,1-3H3,(H2,31,32,33)/b34-14+,35-26-. The number of halogens is 3. The number of aliphatic imine (C=N–C) groups is 1. The second-order valence-corrected chi connectivity index (χ2v) is 9.30. The lowest BCUT2D eigenvalue weighted by Crippen LogP contribution is -2.39. The number of rotatable bonds is 8. The first kappa shape index (κ1) is 27.7. The molecule has 0 atom stereocenters. The van der Waals surface area contributed by atoms with Crippen molar-refractivity contribution >= 4 is 46.7 Å². The number of amidine groups is 2. The minimum atomic E-state index is -4.74. The fourth-order valence-corrected chi connectivity index (χ4v) is 4.46. The van der Waals surface area contributed by atoms with Gasteiger partial charge in [-0.15, -0.1) is 18.3 Å². The molecule has 202 valence electrons. The van der Waals surface area contributed by atoms with E-state index in [9.17, 15) is 13.2 Å². The highest BCUT2D eigenvalue weighted by molar-refractivity contribution is 8.16. The lowest BCUT2D eigenvalue weighted by atomic mass is 10.1. The third-order valence-electron chi connectivity index (χ3n) is 5.57. The Morgan fingerprint density at radius 3 is 2.26 bits per heavy atom. The van der Waals surface area contributed by atoms with E-state index in [0.717, 1.165) is 39.2 Å². The molecule has 4 rings (SSSR count). The van der Waals surface area contributed by atoms with Crippen LogP contribution in [-0.2, 0) is 0 Å². The van der Waals surface area contributed by atoms with Crippen molar-refractivity contribution in [2.24, 2.45) is 15.2 Å². The van der Waals surface area contributed by atoms with Crippen molar-refractivity contribution < 1.29 is 22.6 Å². The number of hydrogen-bond donors (Lipinski definition) is 2. The van der Waals surface area contributed by atoms with Gasteiger partial charge < -0.3 is 19.7 Å². The molecule has 0 unspecified atom stereocenters. The van der Waals surface area contributed by atoms with Crippen LogP contribution in [0.25, 0.3) is 0 Å². The van der Waals surface area contributed by atoms with Crippen molar-refractivity contribution in [2.45, 2.75) is 20.2 Å². The van der Waals surface area contributed by atoms with Crippen LogP contribution in [0.15, 0.2) is 75.9 Å². The monoisotopic (exact) mass is 554 g/mol. The first-order valence-corrected chi connectivity index (χ1v) is 12.6. The minimum absolute atomic E-state index is 0.00926. The van der Waals surface area contributed by atoms with Crippen molar-refractivity contribution in [1.29, 1.82) is 5.41 Å². The molecule has 39 heavy (non-hydrogen) atoms. The van der Waals surface area contributed by atoms with Crippen molar-refractivity contribution in [1.82, 2.24) is 0 Å². The summed E-state index contributed by atoms with van der Waals surface area (Å²) in [7, 11) is 1.65. The molecule has 0 spiro atoms. The zero-order chi connectivity index (χ0) is 28.0. The summed E-state index contributed by atoms with van der Waals surface area (Å²) >= 11 is 1.62. The van der Waals surface area contributed by atoms with Gasteiger partial charge in [-0.05, 0) is 66.9 Å². The molecule has 1 aliphatic heterocycles. The summed E-state index contributed by atoms with van der Waals surface area (Å²) in [6.07, 6.45) is -1.81. The maximum absolute atomic E-state index is 12.2. The smallest absolute Gasteiger partial charge is 0.497 e. The molecule has 0 aromatic heterocycles. The highest BCUT2D eigenvalue weighted by atomic mass is 32.2. The number of nitrogens with one attached hydrogen (secondary N) is 2. The molecule has 1 fully saturated rings. The highest BCUT2D eigenvalue weighted by Gasteiger charge is 2.31. The van der Waals surface area contributed by atoms with E-state index < -0.39 is 6.36 Å². The molecule has 0 radical (unpaired) electrons. The van der Waals surface area contributed by atoms with Crippen LogP contribution in [0.1, 0.15) is 22.3 Å². The maximum atomic E-state index is 12.2. The van der Waals surface area contributed by atoms with Gasteiger partial charge in [-0.25, -0.2) is 4.99 Å². The van der Waals surface area contributed by atoms with Gasteiger partial charge in [0.1, 0.15) is 11.5 Å². The molecule has 0 saturated carbocycles. The molecule has 0 bridgehead atoms. The summed E-state index contributed by atoms with van der Waals surface area (Å²) in [5, 5.41) is 20.3. The quantitative estimate of drug-likeness (QED) is 0.186. The molecule has 8 nitrogen and oxygen atoms in total. The summed E-state index contributed by atoms with van der Waals surface area (Å²) in [5.74, 6) is 1.31. The highest BCUT2D eigenvalue weighted by Crippen LogP contribution is 2.37. The number of methoxy groups -OCH3 is 1. The third kappa shape index (κ3) is 7.38. The van der Waals surface area contributed by atoms with Crippen molar-refractivity contribution in [3.8, 4) is 11.5 Å². The maximum Gasteiger partial charge on any atom is 0.573 e. The minimum Gasteiger partial charge on any atom is -0.497 e. The number of alkyl halides is 3. The van der Waals surface area contributed by atoms with E-state index in [4.69, 9.17) is 10.1 Å². The second-order valence-electron chi connectivity index (χ2n) is 8.38.